The molecule has 0 aliphatic heterocycles. The van der Waals surface area contributed by atoms with Crippen molar-refractivity contribution in [3.05, 3.63) is 48.5 Å². The molecule has 0 radical (unpaired) electrons. The molecule has 0 saturated heterocycles. The maximum absolute atomic E-state index is 12.3. The molecule has 0 saturated carbocycles. The SMILES string of the molecule is CCOCCOc1ccccc1NCC(=O)Nc1cccc(OC(C)C)c1. The van der Waals surface area contributed by atoms with Gasteiger partial charge in [-0.05, 0) is 45.0 Å². The van der Waals surface area contributed by atoms with E-state index in [2.05, 4.69) is 10.6 Å². The van der Waals surface area contributed by atoms with Crippen molar-refractivity contribution in [3.8, 4) is 11.5 Å². The zero-order chi connectivity index (χ0) is 19.5. The molecule has 0 heterocycles. The van der Waals surface area contributed by atoms with Gasteiger partial charge in [0.25, 0.3) is 0 Å². The van der Waals surface area contributed by atoms with E-state index in [1.807, 2.05) is 69.3 Å². The molecule has 0 bridgehead atoms. The normalized spacial score (nSPS) is 10.5. The zero-order valence-corrected chi connectivity index (χ0v) is 16.2. The summed E-state index contributed by atoms with van der Waals surface area (Å²) < 4.78 is 16.6. The summed E-state index contributed by atoms with van der Waals surface area (Å²) in [6.07, 6.45) is 0.0804. The van der Waals surface area contributed by atoms with E-state index in [1.54, 1.807) is 0 Å². The van der Waals surface area contributed by atoms with Crippen molar-refractivity contribution >= 4 is 17.3 Å². The molecular weight excluding hydrogens is 344 g/mol. The third-order valence-electron chi connectivity index (χ3n) is 3.51. The molecule has 0 aliphatic carbocycles. The van der Waals surface area contributed by atoms with Gasteiger partial charge in [0.2, 0.25) is 5.91 Å². The van der Waals surface area contributed by atoms with Gasteiger partial charge in [-0.1, -0.05) is 18.2 Å². The number of amides is 1. The summed E-state index contributed by atoms with van der Waals surface area (Å²) in [6.45, 7) is 7.64. The largest absolute Gasteiger partial charge is 0.491 e. The fourth-order valence-corrected chi connectivity index (χ4v) is 2.39. The van der Waals surface area contributed by atoms with Crippen LogP contribution >= 0.6 is 0 Å². The van der Waals surface area contributed by atoms with E-state index in [0.717, 1.165) is 11.4 Å². The Morgan fingerprint density at radius 3 is 2.67 bits per heavy atom. The van der Waals surface area contributed by atoms with Crippen molar-refractivity contribution in [1.82, 2.24) is 0 Å². The number of benzene rings is 2. The van der Waals surface area contributed by atoms with Crippen molar-refractivity contribution in [2.45, 2.75) is 26.9 Å². The number of para-hydroxylation sites is 2. The summed E-state index contributed by atoms with van der Waals surface area (Å²) in [7, 11) is 0. The Morgan fingerprint density at radius 1 is 1.07 bits per heavy atom. The number of rotatable bonds is 11. The lowest BCUT2D eigenvalue weighted by atomic mass is 10.2. The first-order valence-electron chi connectivity index (χ1n) is 9.18. The molecule has 0 unspecified atom stereocenters. The van der Waals surface area contributed by atoms with Crippen LogP contribution in [0.15, 0.2) is 48.5 Å². The van der Waals surface area contributed by atoms with Gasteiger partial charge >= 0.3 is 0 Å². The number of anilines is 2. The summed E-state index contributed by atoms with van der Waals surface area (Å²) in [6, 6.07) is 14.9. The predicted molar refractivity (Wildman–Crippen MR) is 108 cm³/mol. The monoisotopic (exact) mass is 372 g/mol. The molecule has 2 aromatic carbocycles. The molecule has 146 valence electrons. The lowest BCUT2D eigenvalue weighted by molar-refractivity contribution is -0.114. The van der Waals surface area contributed by atoms with Crippen molar-refractivity contribution < 1.29 is 19.0 Å². The van der Waals surface area contributed by atoms with Gasteiger partial charge < -0.3 is 24.8 Å². The Kier molecular flexibility index (Phi) is 8.45. The van der Waals surface area contributed by atoms with Crippen molar-refractivity contribution in [2.24, 2.45) is 0 Å². The van der Waals surface area contributed by atoms with Gasteiger partial charge in [-0.3, -0.25) is 4.79 Å². The van der Waals surface area contributed by atoms with Crippen LogP contribution in [0.1, 0.15) is 20.8 Å². The number of hydrogen-bond acceptors (Lipinski definition) is 5. The molecular formula is C21H28N2O4. The lowest BCUT2D eigenvalue weighted by Gasteiger charge is -2.14. The summed E-state index contributed by atoms with van der Waals surface area (Å²) >= 11 is 0. The van der Waals surface area contributed by atoms with Crippen molar-refractivity contribution in [1.29, 1.82) is 0 Å². The highest BCUT2D eigenvalue weighted by Crippen LogP contribution is 2.23. The molecule has 0 atom stereocenters. The number of carbonyl (C=O) groups excluding carboxylic acids is 1. The quantitative estimate of drug-likeness (QED) is 0.585. The van der Waals surface area contributed by atoms with E-state index in [9.17, 15) is 4.79 Å². The maximum Gasteiger partial charge on any atom is 0.243 e. The van der Waals surface area contributed by atoms with Gasteiger partial charge in [-0.15, -0.1) is 0 Å². The van der Waals surface area contributed by atoms with E-state index < -0.39 is 0 Å². The van der Waals surface area contributed by atoms with Crippen LogP contribution in [-0.4, -0.2) is 38.4 Å². The lowest BCUT2D eigenvalue weighted by Crippen LogP contribution is -2.22. The molecule has 0 aliphatic rings. The minimum Gasteiger partial charge on any atom is -0.491 e. The molecule has 2 rings (SSSR count). The molecule has 0 spiro atoms. The standard InChI is InChI=1S/C21H28N2O4/c1-4-25-12-13-26-20-11-6-5-10-19(20)22-15-21(24)23-17-8-7-9-18(14-17)27-16(2)3/h5-11,14,16,22H,4,12-13,15H2,1-3H3,(H,23,24). The second-order valence-electron chi connectivity index (χ2n) is 6.14. The van der Waals surface area contributed by atoms with E-state index in [-0.39, 0.29) is 18.6 Å². The molecule has 1 amide bonds. The average molecular weight is 372 g/mol. The van der Waals surface area contributed by atoms with Crippen LogP contribution in [0.2, 0.25) is 0 Å². The number of ether oxygens (including phenoxy) is 3. The molecule has 0 aromatic heterocycles. The molecule has 0 fully saturated rings. The van der Waals surface area contributed by atoms with Gasteiger partial charge in [0.1, 0.15) is 18.1 Å². The first kappa shape index (κ1) is 20.6. The second kappa shape index (κ2) is 11.1. The average Bonchev–Trinajstić information content (AvgIpc) is 2.64. The van der Waals surface area contributed by atoms with Crippen molar-refractivity contribution in [3.63, 3.8) is 0 Å². The highest BCUT2D eigenvalue weighted by molar-refractivity contribution is 5.94. The molecule has 6 heteroatoms. The van der Waals surface area contributed by atoms with Crippen LogP contribution in [0.4, 0.5) is 11.4 Å². The van der Waals surface area contributed by atoms with Gasteiger partial charge in [0.05, 0.1) is 24.9 Å². The molecule has 27 heavy (non-hydrogen) atoms. The fourth-order valence-electron chi connectivity index (χ4n) is 2.39. The maximum atomic E-state index is 12.3. The summed E-state index contributed by atoms with van der Waals surface area (Å²) in [5.41, 5.74) is 1.46. The van der Waals surface area contributed by atoms with Crippen molar-refractivity contribution in [2.75, 3.05) is 37.0 Å². The van der Waals surface area contributed by atoms with Crippen LogP contribution < -0.4 is 20.1 Å². The fraction of sp³-hybridized carbons (Fsp3) is 0.381. The van der Waals surface area contributed by atoms with Crippen LogP contribution in [0.5, 0.6) is 11.5 Å². The predicted octanol–water partition coefficient (Wildman–Crippen LogP) is 3.94. The highest BCUT2D eigenvalue weighted by atomic mass is 16.5. The Bertz CT molecular complexity index is 719. The Hall–Kier alpha value is -2.73. The Morgan fingerprint density at radius 2 is 1.89 bits per heavy atom. The van der Waals surface area contributed by atoms with E-state index in [1.165, 1.54) is 0 Å². The second-order valence-corrected chi connectivity index (χ2v) is 6.14. The minimum absolute atomic E-state index is 0.0804. The molecule has 2 aromatic rings. The van der Waals surface area contributed by atoms with E-state index in [4.69, 9.17) is 14.2 Å². The molecule has 6 nitrogen and oxygen atoms in total. The Labute approximate surface area is 160 Å². The number of hydrogen-bond donors (Lipinski definition) is 2. The van der Waals surface area contributed by atoms with Gasteiger partial charge in [-0.2, -0.15) is 0 Å². The van der Waals surface area contributed by atoms with Gasteiger partial charge in [-0.25, -0.2) is 0 Å². The Balaban J connectivity index is 1.87. The first-order valence-corrected chi connectivity index (χ1v) is 9.18. The highest BCUT2D eigenvalue weighted by Gasteiger charge is 2.07. The van der Waals surface area contributed by atoms with Crippen LogP contribution in [-0.2, 0) is 9.53 Å². The smallest absolute Gasteiger partial charge is 0.243 e. The van der Waals surface area contributed by atoms with E-state index in [0.29, 0.717) is 31.3 Å². The van der Waals surface area contributed by atoms with Crippen LogP contribution in [0, 0.1) is 0 Å². The first-order chi connectivity index (χ1) is 13.1. The number of nitrogens with one attached hydrogen (secondary N) is 2. The minimum atomic E-state index is -0.152. The van der Waals surface area contributed by atoms with Crippen LogP contribution in [0.3, 0.4) is 0 Å². The molecule has 2 N–H and O–H groups in total. The summed E-state index contributed by atoms with van der Waals surface area (Å²) in [5.74, 6) is 1.27. The summed E-state index contributed by atoms with van der Waals surface area (Å²) in [5, 5.41) is 5.97. The third-order valence-corrected chi connectivity index (χ3v) is 3.51. The van der Waals surface area contributed by atoms with Gasteiger partial charge in [0, 0.05) is 18.4 Å². The zero-order valence-electron chi connectivity index (χ0n) is 16.2. The van der Waals surface area contributed by atoms with E-state index >= 15 is 0 Å². The topological polar surface area (TPSA) is 68.8 Å². The van der Waals surface area contributed by atoms with Gasteiger partial charge in [0.15, 0.2) is 0 Å². The third kappa shape index (κ3) is 7.58. The van der Waals surface area contributed by atoms with Crippen LogP contribution in [0.25, 0.3) is 0 Å². The number of carbonyl (C=O) groups is 1. The summed E-state index contributed by atoms with van der Waals surface area (Å²) in [4.78, 5) is 12.3.